The molecule has 0 saturated carbocycles. The molecular formula is C13H19NOS. The quantitative estimate of drug-likeness (QED) is 0.788. The first-order chi connectivity index (χ1) is 7.56. The molecule has 0 radical (unpaired) electrons. The maximum absolute atomic E-state index is 11.4. The van der Waals surface area contributed by atoms with Crippen LogP contribution in [0, 0.1) is 19.8 Å². The number of carbonyl (C=O) groups is 1. The maximum atomic E-state index is 11.4. The first kappa shape index (κ1) is 11.8. The van der Waals surface area contributed by atoms with E-state index in [1.54, 1.807) is 0 Å². The van der Waals surface area contributed by atoms with Crippen LogP contribution in [0.5, 0.6) is 0 Å². The van der Waals surface area contributed by atoms with Gasteiger partial charge in [-0.3, -0.25) is 9.69 Å². The van der Waals surface area contributed by atoms with Crippen molar-refractivity contribution in [1.29, 1.82) is 0 Å². The second-order valence-electron chi connectivity index (χ2n) is 4.80. The highest BCUT2D eigenvalue weighted by atomic mass is 32.1. The van der Waals surface area contributed by atoms with E-state index in [4.69, 9.17) is 0 Å². The summed E-state index contributed by atoms with van der Waals surface area (Å²) in [4.78, 5) is 16.7. The molecule has 1 atom stereocenters. The Morgan fingerprint density at radius 1 is 1.50 bits per heavy atom. The topological polar surface area (TPSA) is 20.3 Å². The lowest BCUT2D eigenvalue weighted by Gasteiger charge is -2.29. The number of ketones is 1. The summed E-state index contributed by atoms with van der Waals surface area (Å²) in [6.07, 6.45) is 0.727. The summed E-state index contributed by atoms with van der Waals surface area (Å²) in [5.74, 6) is 0.644. The Morgan fingerprint density at radius 3 is 2.81 bits per heavy atom. The van der Waals surface area contributed by atoms with Crippen molar-refractivity contribution >= 4 is 17.1 Å². The van der Waals surface area contributed by atoms with E-state index < -0.39 is 0 Å². The lowest BCUT2D eigenvalue weighted by atomic mass is 9.99. The molecule has 0 amide bonds. The molecule has 2 heterocycles. The number of hydrogen-bond acceptors (Lipinski definition) is 3. The van der Waals surface area contributed by atoms with Gasteiger partial charge in [0.15, 0.2) is 0 Å². The van der Waals surface area contributed by atoms with Crippen LogP contribution in [0.1, 0.15) is 28.7 Å². The highest BCUT2D eigenvalue weighted by molar-refractivity contribution is 7.12. The number of nitrogens with zero attached hydrogens (tertiary/aromatic N) is 1. The summed E-state index contributed by atoms with van der Waals surface area (Å²) in [6, 6.07) is 2.28. The molecule has 3 heteroatoms. The summed E-state index contributed by atoms with van der Waals surface area (Å²) in [5.41, 5.74) is 1.39. The number of thiophene rings is 1. The van der Waals surface area contributed by atoms with Crippen molar-refractivity contribution < 1.29 is 4.79 Å². The predicted octanol–water partition coefficient (Wildman–Crippen LogP) is 2.78. The lowest BCUT2D eigenvalue weighted by molar-refractivity contribution is -0.125. The lowest BCUT2D eigenvalue weighted by Crippen LogP contribution is -2.38. The molecule has 1 aliphatic rings. The van der Waals surface area contributed by atoms with E-state index in [0.29, 0.717) is 5.78 Å². The molecule has 88 valence electrons. The van der Waals surface area contributed by atoms with Crippen molar-refractivity contribution in [3.8, 4) is 0 Å². The Hall–Kier alpha value is -0.670. The minimum absolute atomic E-state index is 0.218. The summed E-state index contributed by atoms with van der Waals surface area (Å²) in [6.45, 7) is 9.24. The van der Waals surface area contributed by atoms with Crippen LogP contribution >= 0.6 is 11.3 Å². The van der Waals surface area contributed by atoms with E-state index in [2.05, 4.69) is 24.8 Å². The van der Waals surface area contributed by atoms with Crippen LogP contribution in [0.2, 0.25) is 0 Å². The van der Waals surface area contributed by atoms with Gasteiger partial charge in [-0.25, -0.2) is 0 Å². The van der Waals surface area contributed by atoms with Crippen LogP contribution in [-0.4, -0.2) is 23.8 Å². The van der Waals surface area contributed by atoms with E-state index in [9.17, 15) is 4.79 Å². The average Bonchev–Trinajstić information content (AvgIpc) is 2.52. The Balaban J connectivity index is 1.97. The van der Waals surface area contributed by atoms with E-state index in [1.165, 1.54) is 15.3 Å². The fourth-order valence-corrected chi connectivity index (χ4v) is 3.28. The highest BCUT2D eigenvalue weighted by Gasteiger charge is 2.23. The van der Waals surface area contributed by atoms with Crippen molar-refractivity contribution in [2.75, 3.05) is 13.1 Å². The van der Waals surface area contributed by atoms with Crippen molar-refractivity contribution in [3.63, 3.8) is 0 Å². The van der Waals surface area contributed by atoms with Gasteiger partial charge in [0.05, 0.1) is 0 Å². The number of hydrogen-bond donors (Lipinski definition) is 0. The molecule has 1 fully saturated rings. The summed E-state index contributed by atoms with van der Waals surface area (Å²) >= 11 is 1.88. The average molecular weight is 237 g/mol. The third kappa shape index (κ3) is 2.53. The zero-order chi connectivity index (χ0) is 11.7. The van der Waals surface area contributed by atoms with Gasteiger partial charge in [-0.15, -0.1) is 11.3 Å². The van der Waals surface area contributed by atoms with Crippen LogP contribution in [0.15, 0.2) is 6.07 Å². The van der Waals surface area contributed by atoms with Crippen molar-refractivity contribution in [1.82, 2.24) is 4.90 Å². The standard InChI is InChI=1S/C13H19NOS/c1-9-6-12(16-11(9)3)8-14-5-4-13(15)10(2)7-14/h6,10H,4-5,7-8H2,1-3H3. The van der Waals surface area contributed by atoms with Gasteiger partial charge >= 0.3 is 0 Å². The second kappa shape index (κ2) is 4.68. The van der Waals surface area contributed by atoms with Crippen LogP contribution in [0.25, 0.3) is 0 Å². The molecule has 0 spiro atoms. The van der Waals surface area contributed by atoms with Crippen molar-refractivity contribution in [2.45, 2.75) is 33.7 Å². The summed E-state index contributed by atoms with van der Waals surface area (Å²) < 4.78 is 0. The third-order valence-electron chi connectivity index (χ3n) is 3.35. The third-order valence-corrected chi connectivity index (χ3v) is 4.49. The molecule has 0 aromatic carbocycles. The molecule has 16 heavy (non-hydrogen) atoms. The Kier molecular flexibility index (Phi) is 3.45. The van der Waals surface area contributed by atoms with Gasteiger partial charge in [-0.05, 0) is 25.5 Å². The molecular weight excluding hydrogens is 218 g/mol. The molecule has 1 aromatic rings. The molecule has 1 aliphatic heterocycles. The molecule has 0 N–H and O–H groups in total. The molecule has 1 aromatic heterocycles. The van der Waals surface area contributed by atoms with E-state index in [-0.39, 0.29) is 5.92 Å². The van der Waals surface area contributed by atoms with Gasteiger partial charge in [0.25, 0.3) is 0 Å². The molecule has 1 saturated heterocycles. The number of Topliss-reactive ketones (excluding diaryl/α,β-unsaturated/α-hetero) is 1. The zero-order valence-corrected chi connectivity index (χ0v) is 11.1. The number of carbonyl (C=O) groups excluding carboxylic acids is 1. The Labute approximate surface area is 101 Å². The van der Waals surface area contributed by atoms with Crippen LogP contribution in [0.3, 0.4) is 0 Å². The fraction of sp³-hybridized carbons (Fsp3) is 0.615. The largest absolute Gasteiger partial charge is 0.299 e. The monoisotopic (exact) mass is 237 g/mol. The SMILES string of the molecule is Cc1cc(CN2CCC(=O)C(C)C2)sc1C. The number of likely N-dealkylation sites (tertiary alicyclic amines) is 1. The van der Waals surface area contributed by atoms with Crippen molar-refractivity contribution in [3.05, 3.63) is 21.4 Å². The van der Waals surface area contributed by atoms with Gasteiger partial charge in [-0.2, -0.15) is 0 Å². The number of rotatable bonds is 2. The smallest absolute Gasteiger partial charge is 0.138 e. The van der Waals surface area contributed by atoms with Gasteiger partial charge in [-0.1, -0.05) is 6.92 Å². The van der Waals surface area contributed by atoms with Gasteiger partial charge < -0.3 is 0 Å². The van der Waals surface area contributed by atoms with Crippen LogP contribution < -0.4 is 0 Å². The molecule has 0 aliphatic carbocycles. The van der Waals surface area contributed by atoms with Gasteiger partial charge in [0, 0.05) is 41.7 Å². The minimum atomic E-state index is 0.218. The number of piperidine rings is 1. The summed E-state index contributed by atoms with van der Waals surface area (Å²) in [5, 5.41) is 0. The first-order valence-electron chi connectivity index (χ1n) is 5.87. The molecule has 1 unspecified atom stereocenters. The van der Waals surface area contributed by atoms with Crippen LogP contribution in [0.4, 0.5) is 0 Å². The minimum Gasteiger partial charge on any atom is -0.299 e. The highest BCUT2D eigenvalue weighted by Crippen LogP contribution is 2.23. The molecule has 0 bridgehead atoms. The van der Waals surface area contributed by atoms with Gasteiger partial charge in [0.1, 0.15) is 5.78 Å². The number of aryl methyl sites for hydroxylation is 2. The predicted molar refractivity (Wildman–Crippen MR) is 67.9 cm³/mol. The van der Waals surface area contributed by atoms with E-state index in [1.807, 2.05) is 18.3 Å². The summed E-state index contributed by atoms with van der Waals surface area (Å²) in [7, 11) is 0. The normalized spacial score (nSPS) is 22.7. The molecule has 2 rings (SSSR count). The molecule has 2 nitrogen and oxygen atoms in total. The van der Waals surface area contributed by atoms with Crippen LogP contribution in [-0.2, 0) is 11.3 Å². The van der Waals surface area contributed by atoms with Gasteiger partial charge in [0.2, 0.25) is 0 Å². The Bertz CT molecular complexity index is 377. The van der Waals surface area contributed by atoms with E-state index in [0.717, 1.165) is 26.1 Å². The maximum Gasteiger partial charge on any atom is 0.138 e. The first-order valence-corrected chi connectivity index (χ1v) is 6.69. The van der Waals surface area contributed by atoms with Crippen molar-refractivity contribution in [2.24, 2.45) is 5.92 Å². The Morgan fingerprint density at radius 2 is 2.25 bits per heavy atom. The second-order valence-corrected chi connectivity index (χ2v) is 6.15. The zero-order valence-electron chi connectivity index (χ0n) is 10.2. The fourth-order valence-electron chi connectivity index (χ4n) is 2.19. The van der Waals surface area contributed by atoms with E-state index >= 15 is 0 Å².